The molecule has 3 nitrogen and oxygen atoms in total. The van der Waals surface area contributed by atoms with Gasteiger partial charge in [0.25, 0.3) is 0 Å². The van der Waals surface area contributed by atoms with Gasteiger partial charge in [0.2, 0.25) is 0 Å². The van der Waals surface area contributed by atoms with E-state index in [9.17, 15) is 0 Å². The van der Waals surface area contributed by atoms with Gasteiger partial charge in [0.15, 0.2) is 0 Å². The molecule has 0 saturated heterocycles. The molecule has 15 heavy (non-hydrogen) atoms. The molecule has 3 heteroatoms. The van der Waals surface area contributed by atoms with E-state index in [-0.39, 0.29) is 0 Å². The zero-order valence-electron chi connectivity index (χ0n) is 9.21. The second-order valence-corrected chi connectivity index (χ2v) is 3.61. The summed E-state index contributed by atoms with van der Waals surface area (Å²) in [6.07, 6.45) is 1.26. The number of anilines is 1. The van der Waals surface area contributed by atoms with Crippen LogP contribution in [0.5, 0.6) is 5.75 Å². The Hall–Kier alpha value is -1.69. The van der Waals surface area contributed by atoms with Crippen LogP contribution in [0.4, 0.5) is 5.69 Å². The van der Waals surface area contributed by atoms with E-state index in [4.69, 9.17) is 15.7 Å². The summed E-state index contributed by atoms with van der Waals surface area (Å²) in [6, 6.07) is 6.01. The quantitative estimate of drug-likeness (QED) is 0.605. The highest BCUT2D eigenvalue weighted by Gasteiger charge is 2.05. The number of hydrogen-bond donors (Lipinski definition) is 1. The highest BCUT2D eigenvalue weighted by atomic mass is 16.5. The predicted octanol–water partition coefficient (Wildman–Crippen LogP) is 2.57. The second kappa shape index (κ2) is 5.26. The largest absolute Gasteiger partial charge is 0.491 e. The number of rotatable bonds is 4. The van der Waals surface area contributed by atoms with Crippen LogP contribution < -0.4 is 10.5 Å². The van der Waals surface area contributed by atoms with Crippen molar-refractivity contribution in [3.05, 3.63) is 23.3 Å². The first-order chi connectivity index (χ1) is 7.15. The van der Waals surface area contributed by atoms with Crippen LogP contribution in [0.25, 0.3) is 0 Å². The Morgan fingerprint density at radius 1 is 1.40 bits per heavy atom. The van der Waals surface area contributed by atoms with Crippen LogP contribution in [0.2, 0.25) is 0 Å². The number of ether oxygens (including phenoxy) is 1. The van der Waals surface area contributed by atoms with Crippen LogP contribution in [0, 0.1) is 25.2 Å². The van der Waals surface area contributed by atoms with E-state index in [1.54, 1.807) is 0 Å². The molecule has 0 radical (unpaired) electrons. The van der Waals surface area contributed by atoms with E-state index < -0.39 is 0 Å². The van der Waals surface area contributed by atoms with Gasteiger partial charge in [0.05, 0.1) is 18.4 Å². The number of nitriles is 1. The number of unbranched alkanes of at least 4 members (excludes halogenated alkanes) is 1. The maximum absolute atomic E-state index is 8.38. The third-order valence-electron chi connectivity index (χ3n) is 2.13. The third kappa shape index (κ3) is 3.17. The first-order valence-electron chi connectivity index (χ1n) is 5.01. The Bertz CT molecular complexity index is 357. The van der Waals surface area contributed by atoms with Gasteiger partial charge in [0, 0.05) is 6.42 Å². The van der Waals surface area contributed by atoms with Gasteiger partial charge >= 0.3 is 0 Å². The number of hydrogen-bond acceptors (Lipinski definition) is 3. The molecule has 0 atom stereocenters. The molecule has 0 aliphatic rings. The van der Waals surface area contributed by atoms with Crippen LogP contribution in [-0.4, -0.2) is 6.61 Å². The molecule has 2 N–H and O–H groups in total. The Kier molecular flexibility index (Phi) is 3.99. The maximum atomic E-state index is 8.38. The van der Waals surface area contributed by atoms with E-state index in [1.165, 1.54) is 0 Å². The number of nitrogen functional groups attached to an aromatic ring is 1. The lowest BCUT2D eigenvalue weighted by Crippen LogP contribution is -2.02. The number of aryl methyl sites for hydroxylation is 2. The normalized spacial score (nSPS) is 9.67. The lowest BCUT2D eigenvalue weighted by atomic mass is 10.1. The van der Waals surface area contributed by atoms with Crippen LogP contribution in [0.1, 0.15) is 24.0 Å². The molecule has 0 unspecified atom stereocenters. The van der Waals surface area contributed by atoms with Gasteiger partial charge < -0.3 is 10.5 Å². The molecular formula is C12H16N2O. The molecule has 1 rings (SSSR count). The van der Waals surface area contributed by atoms with Crippen molar-refractivity contribution in [2.45, 2.75) is 26.7 Å². The van der Waals surface area contributed by atoms with Gasteiger partial charge in [-0.15, -0.1) is 0 Å². The lowest BCUT2D eigenvalue weighted by molar-refractivity contribution is 0.312. The molecule has 0 amide bonds. The SMILES string of the molecule is Cc1cc(C)c(OCCCC#N)c(N)c1. The summed E-state index contributed by atoms with van der Waals surface area (Å²) in [4.78, 5) is 0. The van der Waals surface area contributed by atoms with Gasteiger partial charge in [-0.05, 0) is 37.5 Å². The van der Waals surface area contributed by atoms with Crippen molar-refractivity contribution >= 4 is 5.69 Å². The predicted molar refractivity (Wildman–Crippen MR) is 60.7 cm³/mol. The smallest absolute Gasteiger partial charge is 0.145 e. The maximum Gasteiger partial charge on any atom is 0.145 e. The van der Waals surface area contributed by atoms with Gasteiger partial charge in [0.1, 0.15) is 5.75 Å². The summed E-state index contributed by atoms with van der Waals surface area (Å²) < 4.78 is 5.55. The van der Waals surface area contributed by atoms with Crippen molar-refractivity contribution in [2.75, 3.05) is 12.3 Å². The summed E-state index contributed by atoms with van der Waals surface area (Å²) in [7, 11) is 0. The van der Waals surface area contributed by atoms with E-state index in [1.807, 2.05) is 26.0 Å². The fraction of sp³-hybridized carbons (Fsp3) is 0.417. The highest BCUT2D eigenvalue weighted by Crippen LogP contribution is 2.27. The minimum atomic E-state index is 0.519. The molecule has 1 aromatic rings. The van der Waals surface area contributed by atoms with E-state index in [2.05, 4.69) is 6.07 Å². The minimum Gasteiger partial charge on any atom is -0.491 e. The summed E-state index contributed by atoms with van der Waals surface area (Å²) in [5.74, 6) is 0.749. The zero-order chi connectivity index (χ0) is 11.3. The molecule has 0 spiro atoms. The molecule has 0 fully saturated rings. The van der Waals surface area contributed by atoms with Gasteiger partial charge in [-0.2, -0.15) is 5.26 Å². The summed E-state index contributed by atoms with van der Waals surface area (Å²) in [5, 5.41) is 8.38. The van der Waals surface area contributed by atoms with Gasteiger partial charge in [-0.1, -0.05) is 6.07 Å². The number of nitrogens with zero attached hydrogens (tertiary/aromatic N) is 1. The van der Waals surface area contributed by atoms with Crippen molar-refractivity contribution in [3.8, 4) is 11.8 Å². The molecule has 80 valence electrons. The first kappa shape index (κ1) is 11.4. The molecule has 0 bridgehead atoms. The van der Waals surface area contributed by atoms with E-state index in [0.29, 0.717) is 18.7 Å². The standard InChI is InChI=1S/C12H16N2O/c1-9-7-10(2)12(11(14)8-9)15-6-4-3-5-13/h7-8H,3-4,6,14H2,1-2H3. The Morgan fingerprint density at radius 2 is 2.13 bits per heavy atom. The lowest BCUT2D eigenvalue weighted by Gasteiger charge is -2.11. The van der Waals surface area contributed by atoms with Gasteiger partial charge in [-0.25, -0.2) is 0 Å². The van der Waals surface area contributed by atoms with Crippen LogP contribution in [-0.2, 0) is 0 Å². The molecule has 0 aliphatic heterocycles. The summed E-state index contributed by atoms with van der Waals surface area (Å²) in [5.41, 5.74) is 8.70. The Balaban J connectivity index is 2.65. The molecule has 1 aromatic carbocycles. The Labute approximate surface area is 90.5 Å². The van der Waals surface area contributed by atoms with Crippen LogP contribution in [0.3, 0.4) is 0 Å². The number of nitrogens with two attached hydrogens (primary N) is 1. The van der Waals surface area contributed by atoms with Crippen LogP contribution in [0.15, 0.2) is 12.1 Å². The second-order valence-electron chi connectivity index (χ2n) is 3.61. The highest BCUT2D eigenvalue weighted by molar-refractivity contribution is 5.58. The molecule has 0 aliphatic carbocycles. The van der Waals surface area contributed by atoms with Crippen molar-refractivity contribution in [2.24, 2.45) is 0 Å². The fourth-order valence-corrected chi connectivity index (χ4v) is 1.51. The molecule has 0 saturated carbocycles. The summed E-state index contributed by atoms with van der Waals surface area (Å²) >= 11 is 0. The summed E-state index contributed by atoms with van der Waals surface area (Å²) in [6.45, 7) is 4.52. The van der Waals surface area contributed by atoms with Crippen molar-refractivity contribution < 1.29 is 4.74 Å². The minimum absolute atomic E-state index is 0.519. The van der Waals surface area contributed by atoms with E-state index >= 15 is 0 Å². The van der Waals surface area contributed by atoms with Gasteiger partial charge in [-0.3, -0.25) is 0 Å². The number of benzene rings is 1. The molecule has 0 heterocycles. The van der Waals surface area contributed by atoms with Crippen molar-refractivity contribution in [3.63, 3.8) is 0 Å². The van der Waals surface area contributed by atoms with E-state index in [0.717, 1.165) is 23.3 Å². The third-order valence-corrected chi connectivity index (χ3v) is 2.13. The van der Waals surface area contributed by atoms with Crippen LogP contribution >= 0.6 is 0 Å². The Morgan fingerprint density at radius 3 is 2.73 bits per heavy atom. The average Bonchev–Trinajstić information content (AvgIpc) is 2.15. The molecular weight excluding hydrogens is 188 g/mol. The average molecular weight is 204 g/mol. The fourth-order valence-electron chi connectivity index (χ4n) is 1.51. The molecule has 0 aromatic heterocycles. The zero-order valence-corrected chi connectivity index (χ0v) is 9.21. The topological polar surface area (TPSA) is 59.0 Å². The van der Waals surface area contributed by atoms with Crippen molar-refractivity contribution in [1.82, 2.24) is 0 Å². The monoisotopic (exact) mass is 204 g/mol. The van der Waals surface area contributed by atoms with Crippen molar-refractivity contribution in [1.29, 1.82) is 5.26 Å². The first-order valence-corrected chi connectivity index (χ1v) is 5.01.